The van der Waals surface area contributed by atoms with Crippen LogP contribution in [0.2, 0.25) is 0 Å². The zero-order valence-electron chi connectivity index (χ0n) is 16.9. The predicted molar refractivity (Wildman–Crippen MR) is 111 cm³/mol. The minimum absolute atomic E-state index is 0.0773. The second-order valence-corrected chi connectivity index (χ2v) is 7.53. The monoisotopic (exact) mass is 411 g/mol. The molecule has 2 N–H and O–H groups in total. The van der Waals surface area contributed by atoms with E-state index in [9.17, 15) is 18.8 Å². The largest absolute Gasteiger partial charge is 0.348 e. The van der Waals surface area contributed by atoms with Gasteiger partial charge >= 0.3 is 11.8 Å². The third-order valence-electron chi connectivity index (χ3n) is 5.41. The normalized spacial score (nSPS) is 15.3. The van der Waals surface area contributed by atoms with Crippen molar-refractivity contribution in [3.05, 3.63) is 71.5 Å². The van der Waals surface area contributed by atoms with Crippen molar-refractivity contribution in [2.45, 2.75) is 25.8 Å². The van der Waals surface area contributed by atoms with Gasteiger partial charge in [-0.1, -0.05) is 42.5 Å². The summed E-state index contributed by atoms with van der Waals surface area (Å²) in [6, 6.07) is 15.1. The Bertz CT molecular complexity index is 896. The van der Waals surface area contributed by atoms with E-state index in [0.29, 0.717) is 32.5 Å². The summed E-state index contributed by atoms with van der Waals surface area (Å²) >= 11 is 0. The van der Waals surface area contributed by atoms with E-state index >= 15 is 0 Å². The molecule has 1 aliphatic heterocycles. The predicted octanol–water partition coefficient (Wildman–Crippen LogP) is 2.67. The van der Waals surface area contributed by atoms with Crippen LogP contribution < -0.4 is 10.6 Å². The van der Waals surface area contributed by atoms with Crippen molar-refractivity contribution in [2.24, 2.45) is 5.92 Å². The Labute approximate surface area is 175 Å². The Morgan fingerprint density at radius 2 is 1.63 bits per heavy atom. The summed E-state index contributed by atoms with van der Waals surface area (Å²) in [7, 11) is 0. The number of hydrogen-bond acceptors (Lipinski definition) is 3. The van der Waals surface area contributed by atoms with Crippen molar-refractivity contribution in [2.75, 3.05) is 19.6 Å². The number of nitrogens with zero attached hydrogens (tertiary/aromatic N) is 1. The summed E-state index contributed by atoms with van der Waals surface area (Å²) in [5.41, 5.74) is 0.999. The molecule has 2 aromatic carbocycles. The van der Waals surface area contributed by atoms with Gasteiger partial charge < -0.3 is 15.5 Å². The van der Waals surface area contributed by atoms with Crippen LogP contribution in [0.15, 0.2) is 54.6 Å². The van der Waals surface area contributed by atoms with Crippen LogP contribution in [0.3, 0.4) is 0 Å². The SMILES string of the molecule is CC(NC(=O)C(=O)NCC1CCN(C(=O)c2ccccc2F)CC1)c1ccccc1. The highest BCUT2D eigenvalue weighted by molar-refractivity contribution is 6.35. The quantitative estimate of drug-likeness (QED) is 0.743. The van der Waals surface area contributed by atoms with Gasteiger partial charge in [0, 0.05) is 19.6 Å². The molecule has 1 fully saturated rings. The first kappa shape index (κ1) is 21.5. The topological polar surface area (TPSA) is 78.5 Å². The van der Waals surface area contributed by atoms with Gasteiger partial charge in [-0.2, -0.15) is 0 Å². The van der Waals surface area contributed by atoms with Crippen LogP contribution in [0.5, 0.6) is 0 Å². The second kappa shape index (κ2) is 10.0. The maximum absolute atomic E-state index is 13.8. The molecule has 6 nitrogen and oxygen atoms in total. The smallest absolute Gasteiger partial charge is 0.309 e. The van der Waals surface area contributed by atoms with E-state index in [1.54, 1.807) is 17.0 Å². The Morgan fingerprint density at radius 1 is 1.00 bits per heavy atom. The molecule has 0 bridgehead atoms. The van der Waals surface area contributed by atoms with Crippen LogP contribution in [0.4, 0.5) is 4.39 Å². The lowest BCUT2D eigenvalue weighted by Gasteiger charge is -2.32. The lowest BCUT2D eigenvalue weighted by atomic mass is 9.96. The average molecular weight is 411 g/mol. The fourth-order valence-electron chi connectivity index (χ4n) is 3.55. The molecule has 0 spiro atoms. The molecule has 0 saturated carbocycles. The number of likely N-dealkylation sites (tertiary alicyclic amines) is 1. The van der Waals surface area contributed by atoms with Gasteiger partial charge in [0.2, 0.25) is 0 Å². The molecule has 3 amide bonds. The Kier molecular flexibility index (Phi) is 7.17. The first-order chi connectivity index (χ1) is 14.5. The second-order valence-electron chi connectivity index (χ2n) is 7.53. The molecule has 1 aliphatic rings. The van der Waals surface area contributed by atoms with Crippen molar-refractivity contribution >= 4 is 17.7 Å². The standard InChI is InChI=1S/C23H26FN3O3/c1-16(18-7-3-2-4-8-18)26-22(29)21(28)25-15-17-11-13-27(14-12-17)23(30)19-9-5-6-10-20(19)24/h2-10,16-17H,11-15H2,1H3,(H,25,28)(H,26,29). The molecule has 2 aromatic rings. The minimum Gasteiger partial charge on any atom is -0.348 e. The summed E-state index contributed by atoms with van der Waals surface area (Å²) in [6.07, 6.45) is 1.37. The Balaban J connectivity index is 1.42. The zero-order chi connectivity index (χ0) is 21.5. The number of hydrogen-bond donors (Lipinski definition) is 2. The van der Waals surface area contributed by atoms with Gasteiger partial charge in [0.25, 0.3) is 5.91 Å². The molecule has 1 saturated heterocycles. The molecule has 1 heterocycles. The van der Waals surface area contributed by atoms with E-state index in [-0.39, 0.29) is 23.4 Å². The summed E-state index contributed by atoms with van der Waals surface area (Å²) in [5.74, 6) is -2.00. The van der Waals surface area contributed by atoms with Crippen molar-refractivity contribution < 1.29 is 18.8 Å². The van der Waals surface area contributed by atoms with Crippen molar-refractivity contribution in [3.63, 3.8) is 0 Å². The molecular weight excluding hydrogens is 385 g/mol. The molecule has 1 atom stereocenters. The first-order valence-corrected chi connectivity index (χ1v) is 10.1. The van der Waals surface area contributed by atoms with Crippen molar-refractivity contribution in [1.29, 1.82) is 0 Å². The summed E-state index contributed by atoms with van der Waals surface area (Å²) < 4.78 is 13.8. The van der Waals surface area contributed by atoms with E-state index in [1.807, 2.05) is 37.3 Å². The van der Waals surface area contributed by atoms with Gasteiger partial charge in [-0.3, -0.25) is 14.4 Å². The molecule has 3 rings (SSSR count). The van der Waals surface area contributed by atoms with Crippen LogP contribution in [-0.4, -0.2) is 42.3 Å². The highest BCUT2D eigenvalue weighted by atomic mass is 19.1. The summed E-state index contributed by atoms with van der Waals surface area (Å²) in [4.78, 5) is 38.3. The molecule has 30 heavy (non-hydrogen) atoms. The van der Waals surface area contributed by atoms with Crippen LogP contribution in [-0.2, 0) is 9.59 Å². The maximum Gasteiger partial charge on any atom is 0.309 e. The highest BCUT2D eigenvalue weighted by Gasteiger charge is 2.26. The first-order valence-electron chi connectivity index (χ1n) is 10.1. The van der Waals surface area contributed by atoms with Crippen LogP contribution >= 0.6 is 0 Å². The number of amides is 3. The number of rotatable bonds is 5. The van der Waals surface area contributed by atoms with E-state index in [1.165, 1.54) is 12.1 Å². The number of carbonyl (C=O) groups is 3. The number of nitrogens with one attached hydrogen (secondary N) is 2. The number of piperidine rings is 1. The van der Waals surface area contributed by atoms with Gasteiger partial charge in [-0.05, 0) is 43.4 Å². The summed E-state index contributed by atoms with van der Waals surface area (Å²) in [6.45, 7) is 3.17. The van der Waals surface area contributed by atoms with Gasteiger partial charge in [-0.15, -0.1) is 0 Å². The molecule has 0 aromatic heterocycles. The van der Waals surface area contributed by atoms with Gasteiger partial charge in [-0.25, -0.2) is 4.39 Å². The molecule has 158 valence electrons. The fourth-order valence-corrected chi connectivity index (χ4v) is 3.55. The third kappa shape index (κ3) is 5.43. The zero-order valence-corrected chi connectivity index (χ0v) is 16.9. The Morgan fingerprint density at radius 3 is 2.30 bits per heavy atom. The lowest BCUT2D eigenvalue weighted by molar-refractivity contribution is -0.139. The van der Waals surface area contributed by atoms with E-state index in [4.69, 9.17) is 0 Å². The van der Waals surface area contributed by atoms with E-state index < -0.39 is 17.6 Å². The van der Waals surface area contributed by atoms with Crippen molar-refractivity contribution in [3.8, 4) is 0 Å². The van der Waals surface area contributed by atoms with Gasteiger partial charge in [0.1, 0.15) is 5.82 Å². The maximum atomic E-state index is 13.8. The lowest BCUT2D eigenvalue weighted by Crippen LogP contribution is -2.45. The molecule has 0 aliphatic carbocycles. The third-order valence-corrected chi connectivity index (χ3v) is 5.41. The Hall–Kier alpha value is -3.22. The van der Waals surface area contributed by atoms with E-state index in [2.05, 4.69) is 10.6 Å². The molecule has 7 heteroatoms. The van der Waals surface area contributed by atoms with E-state index in [0.717, 1.165) is 5.56 Å². The fraction of sp³-hybridized carbons (Fsp3) is 0.348. The molecule has 1 unspecified atom stereocenters. The van der Waals surface area contributed by atoms with Gasteiger partial charge in [0.15, 0.2) is 0 Å². The minimum atomic E-state index is -0.668. The highest BCUT2D eigenvalue weighted by Crippen LogP contribution is 2.19. The summed E-state index contributed by atoms with van der Waals surface area (Å²) in [5, 5.41) is 5.37. The molecule has 0 radical (unpaired) electrons. The number of carbonyl (C=O) groups excluding carboxylic acids is 3. The van der Waals surface area contributed by atoms with Crippen LogP contribution in [0, 0.1) is 11.7 Å². The molecular formula is C23H26FN3O3. The van der Waals surface area contributed by atoms with Crippen LogP contribution in [0.25, 0.3) is 0 Å². The van der Waals surface area contributed by atoms with Crippen LogP contribution in [0.1, 0.15) is 41.7 Å². The van der Waals surface area contributed by atoms with Crippen molar-refractivity contribution in [1.82, 2.24) is 15.5 Å². The number of benzene rings is 2. The average Bonchev–Trinajstić information content (AvgIpc) is 2.78. The van der Waals surface area contributed by atoms with Gasteiger partial charge in [0.05, 0.1) is 11.6 Å². The number of halogens is 1.